The van der Waals surface area contributed by atoms with Crippen LogP contribution in [0.3, 0.4) is 0 Å². The summed E-state index contributed by atoms with van der Waals surface area (Å²) >= 11 is 1.36. The van der Waals surface area contributed by atoms with Crippen molar-refractivity contribution >= 4 is 22.2 Å². The van der Waals surface area contributed by atoms with Gasteiger partial charge in [0, 0.05) is 29.7 Å². The van der Waals surface area contributed by atoms with Gasteiger partial charge in [-0.25, -0.2) is 13.8 Å². The maximum absolute atomic E-state index is 13.7. The molecule has 0 amide bonds. The molecule has 26 heavy (non-hydrogen) atoms. The van der Waals surface area contributed by atoms with Crippen molar-refractivity contribution < 1.29 is 8.78 Å². The Balaban J connectivity index is 2.17. The second kappa shape index (κ2) is 9.48. The molecular weight excluding hydrogens is 352 g/mol. The Labute approximate surface area is 158 Å². The molecule has 140 valence electrons. The van der Waals surface area contributed by atoms with E-state index in [4.69, 9.17) is 0 Å². The quantitative estimate of drug-likeness (QED) is 0.557. The third kappa shape index (κ3) is 5.14. The van der Waals surface area contributed by atoms with Crippen molar-refractivity contribution in [1.82, 2.24) is 4.98 Å². The molecule has 0 bridgehead atoms. The summed E-state index contributed by atoms with van der Waals surface area (Å²) in [6.45, 7) is 9.10. The van der Waals surface area contributed by atoms with Crippen LogP contribution in [0.2, 0.25) is 0 Å². The van der Waals surface area contributed by atoms with Crippen LogP contribution in [-0.4, -0.2) is 24.2 Å². The molecule has 0 aliphatic carbocycles. The number of benzene rings is 1. The highest BCUT2D eigenvalue weighted by atomic mass is 32.1. The molecule has 0 aliphatic rings. The van der Waals surface area contributed by atoms with Gasteiger partial charge in [0.2, 0.25) is 0 Å². The third-order valence-electron chi connectivity index (χ3n) is 4.04. The Morgan fingerprint density at radius 3 is 2.46 bits per heavy atom. The summed E-state index contributed by atoms with van der Waals surface area (Å²) < 4.78 is 27.1. The number of hydrogen-bond donors (Lipinski definition) is 1. The van der Waals surface area contributed by atoms with Crippen LogP contribution in [0.25, 0.3) is 11.3 Å². The smallest absolute Gasteiger partial charge is 0.187 e. The minimum atomic E-state index is -1.32. The third-order valence-corrected chi connectivity index (χ3v) is 4.80. The second-order valence-corrected chi connectivity index (χ2v) is 6.63. The van der Waals surface area contributed by atoms with E-state index in [2.05, 4.69) is 41.2 Å². The summed E-state index contributed by atoms with van der Waals surface area (Å²) in [6, 6.07) is 8.21. The first-order valence-corrected chi connectivity index (χ1v) is 9.61. The number of rotatable bonds is 8. The van der Waals surface area contributed by atoms with Crippen LogP contribution in [-0.2, 0) is 0 Å². The highest BCUT2D eigenvalue weighted by Crippen LogP contribution is 2.28. The second-order valence-electron chi connectivity index (χ2n) is 5.77. The number of alkyl halides is 1. The number of allylic oxidation sites excluding steroid dienone is 4. The molecule has 3 nitrogen and oxygen atoms in total. The molecule has 2 aromatic rings. The minimum Gasteiger partial charge on any atom is -0.372 e. The minimum absolute atomic E-state index is 0.151. The maximum Gasteiger partial charge on any atom is 0.187 e. The van der Waals surface area contributed by atoms with Crippen molar-refractivity contribution in [2.75, 3.05) is 23.3 Å². The van der Waals surface area contributed by atoms with Gasteiger partial charge in [0.15, 0.2) is 5.13 Å². The summed E-state index contributed by atoms with van der Waals surface area (Å²) in [4.78, 5) is 6.77. The molecule has 1 aromatic carbocycles. The highest BCUT2D eigenvalue weighted by molar-refractivity contribution is 7.14. The molecular formula is C20H25F2N3S. The average Bonchev–Trinajstić information content (AvgIpc) is 3.11. The molecule has 0 radical (unpaired) electrons. The number of thiazole rings is 1. The van der Waals surface area contributed by atoms with Crippen molar-refractivity contribution in [2.24, 2.45) is 0 Å². The number of aromatic nitrogens is 1. The van der Waals surface area contributed by atoms with Crippen LogP contribution in [0.4, 0.5) is 19.6 Å². The van der Waals surface area contributed by atoms with Crippen LogP contribution in [0.15, 0.2) is 53.3 Å². The molecule has 1 unspecified atom stereocenters. The van der Waals surface area contributed by atoms with E-state index in [1.807, 2.05) is 17.5 Å². The number of hydrogen-bond acceptors (Lipinski definition) is 4. The Morgan fingerprint density at radius 2 is 1.92 bits per heavy atom. The summed E-state index contributed by atoms with van der Waals surface area (Å²) in [5.74, 6) is -0.485. The Hall–Kier alpha value is -2.21. The molecule has 0 fully saturated rings. The lowest BCUT2D eigenvalue weighted by molar-refractivity contribution is 0.412. The first-order chi connectivity index (χ1) is 12.5. The van der Waals surface area contributed by atoms with E-state index in [-0.39, 0.29) is 5.70 Å². The molecule has 0 saturated carbocycles. The van der Waals surface area contributed by atoms with Gasteiger partial charge < -0.3 is 10.2 Å². The standard InChI is InChI=1S/C20H25F2N3S/c1-5-16(22)12-18(14(4)21)23-20-24-19(13-26-20)15-8-10-17(11-9-15)25(6-2)7-3/h5,8-14H,6-7H2,1-4H3,(H,23,24)/b16-5+,18-12+. The monoisotopic (exact) mass is 377 g/mol. The Bertz CT molecular complexity index is 760. The van der Waals surface area contributed by atoms with Gasteiger partial charge in [-0.3, -0.25) is 0 Å². The van der Waals surface area contributed by atoms with Crippen LogP contribution in [0.5, 0.6) is 0 Å². The topological polar surface area (TPSA) is 28.2 Å². The fourth-order valence-electron chi connectivity index (χ4n) is 2.50. The zero-order chi connectivity index (χ0) is 19.1. The van der Waals surface area contributed by atoms with Gasteiger partial charge >= 0.3 is 0 Å². The summed E-state index contributed by atoms with van der Waals surface area (Å²) in [7, 11) is 0. The molecule has 0 spiro atoms. The largest absolute Gasteiger partial charge is 0.372 e. The fraction of sp³-hybridized carbons (Fsp3) is 0.350. The molecule has 2 rings (SSSR count). The Morgan fingerprint density at radius 1 is 1.27 bits per heavy atom. The SMILES string of the molecule is C/C=C(F)\C=C(\Nc1nc(-c2ccc(N(CC)CC)cc2)cs1)C(C)F. The predicted molar refractivity (Wildman–Crippen MR) is 108 cm³/mol. The van der Waals surface area contributed by atoms with E-state index in [1.54, 1.807) is 6.92 Å². The van der Waals surface area contributed by atoms with Crippen LogP contribution >= 0.6 is 11.3 Å². The molecule has 1 N–H and O–H groups in total. The lowest BCUT2D eigenvalue weighted by atomic mass is 10.1. The van der Waals surface area contributed by atoms with E-state index in [1.165, 1.54) is 30.0 Å². The van der Waals surface area contributed by atoms with Gasteiger partial charge in [-0.2, -0.15) is 0 Å². The average molecular weight is 378 g/mol. The number of nitrogens with one attached hydrogen (secondary N) is 1. The summed E-state index contributed by atoms with van der Waals surface area (Å²) in [6.07, 6.45) is 1.13. The molecule has 1 heterocycles. The normalized spacial score (nSPS) is 13.6. The van der Waals surface area contributed by atoms with Gasteiger partial charge in [0.1, 0.15) is 12.0 Å². The van der Waals surface area contributed by atoms with Crippen molar-refractivity contribution in [2.45, 2.75) is 33.9 Å². The first-order valence-electron chi connectivity index (χ1n) is 8.73. The van der Waals surface area contributed by atoms with Crippen LogP contribution in [0, 0.1) is 0 Å². The zero-order valence-corrected chi connectivity index (χ0v) is 16.4. The van der Waals surface area contributed by atoms with Crippen LogP contribution < -0.4 is 10.2 Å². The highest BCUT2D eigenvalue weighted by Gasteiger charge is 2.12. The Kier molecular flexibility index (Phi) is 7.33. The lowest BCUT2D eigenvalue weighted by Crippen LogP contribution is -2.21. The predicted octanol–water partition coefficient (Wildman–Crippen LogP) is 6.18. The van der Waals surface area contributed by atoms with Gasteiger partial charge in [-0.15, -0.1) is 11.3 Å². The molecule has 1 aromatic heterocycles. The van der Waals surface area contributed by atoms with E-state index in [0.717, 1.165) is 30.4 Å². The van der Waals surface area contributed by atoms with E-state index in [9.17, 15) is 8.78 Å². The van der Waals surface area contributed by atoms with Crippen LogP contribution in [0.1, 0.15) is 27.7 Å². The van der Waals surface area contributed by atoms with Crippen molar-refractivity contribution in [3.8, 4) is 11.3 Å². The fourth-order valence-corrected chi connectivity index (χ4v) is 3.24. The molecule has 0 aliphatic heterocycles. The molecule has 0 saturated heterocycles. The van der Waals surface area contributed by atoms with Gasteiger partial charge in [0.05, 0.1) is 11.4 Å². The van der Waals surface area contributed by atoms with Crippen molar-refractivity contribution in [3.63, 3.8) is 0 Å². The van der Waals surface area contributed by atoms with Crippen molar-refractivity contribution in [3.05, 3.63) is 53.3 Å². The van der Waals surface area contributed by atoms with Gasteiger partial charge in [-0.05, 0) is 45.9 Å². The maximum atomic E-state index is 13.7. The van der Waals surface area contributed by atoms with E-state index < -0.39 is 12.0 Å². The number of nitrogens with zero attached hydrogens (tertiary/aromatic N) is 2. The van der Waals surface area contributed by atoms with Gasteiger partial charge in [0.25, 0.3) is 0 Å². The molecule has 1 atom stereocenters. The van der Waals surface area contributed by atoms with Gasteiger partial charge in [-0.1, -0.05) is 18.2 Å². The summed E-state index contributed by atoms with van der Waals surface area (Å²) in [5, 5.41) is 5.32. The van der Waals surface area contributed by atoms with E-state index in [0.29, 0.717) is 5.13 Å². The number of anilines is 2. The molecule has 6 heteroatoms. The first kappa shape index (κ1) is 20.1. The zero-order valence-electron chi connectivity index (χ0n) is 15.6. The lowest BCUT2D eigenvalue weighted by Gasteiger charge is -2.20. The number of halogens is 2. The summed E-state index contributed by atoms with van der Waals surface area (Å²) in [5.41, 5.74) is 3.12. The van der Waals surface area contributed by atoms with Crippen molar-refractivity contribution in [1.29, 1.82) is 0 Å². The van der Waals surface area contributed by atoms with E-state index >= 15 is 0 Å².